The van der Waals surface area contributed by atoms with Gasteiger partial charge in [-0.25, -0.2) is 4.79 Å². The van der Waals surface area contributed by atoms with Gasteiger partial charge < -0.3 is 19.5 Å². The zero-order valence-corrected chi connectivity index (χ0v) is 17.4. The second-order valence-corrected chi connectivity index (χ2v) is 6.19. The Labute approximate surface area is 177 Å². The lowest BCUT2D eigenvalue weighted by Crippen LogP contribution is -2.39. The van der Waals surface area contributed by atoms with E-state index in [1.807, 2.05) is 31.2 Å². The molecule has 0 radical (unpaired) electrons. The number of amides is 1. The van der Waals surface area contributed by atoms with Crippen molar-refractivity contribution >= 4 is 23.7 Å². The number of carbonyl (C=O) groups excluding carboxylic acids is 2. The molecule has 0 aliphatic carbocycles. The number of hydrogen-bond acceptors (Lipinski definition) is 6. The number of allylic oxidation sites excluding steroid dienone is 3. The highest BCUT2D eigenvalue weighted by Gasteiger charge is 2.21. The van der Waals surface area contributed by atoms with Crippen molar-refractivity contribution in [2.24, 2.45) is 0 Å². The van der Waals surface area contributed by atoms with Gasteiger partial charge in [0.15, 0.2) is 5.90 Å². The Hall–Kier alpha value is -3.61. The molecule has 0 aromatic heterocycles. The minimum absolute atomic E-state index is 0.0336. The zero-order valence-electron chi connectivity index (χ0n) is 17.4. The number of esters is 1. The molecule has 7 heteroatoms. The highest BCUT2D eigenvalue weighted by molar-refractivity contribution is 5.82. The molecule has 2 N–H and O–H groups in total. The molecule has 1 amide bonds. The first-order valence-corrected chi connectivity index (χ1v) is 9.33. The normalized spacial score (nSPS) is 12.0. The maximum absolute atomic E-state index is 12.2. The Morgan fingerprint density at radius 1 is 1.23 bits per heavy atom. The summed E-state index contributed by atoms with van der Waals surface area (Å²) in [6.07, 6.45) is 6.01. The van der Waals surface area contributed by atoms with Crippen LogP contribution in [0.4, 0.5) is 4.79 Å². The van der Waals surface area contributed by atoms with Crippen molar-refractivity contribution in [2.75, 3.05) is 13.7 Å². The summed E-state index contributed by atoms with van der Waals surface area (Å²) in [5.41, 5.74) is 1.48. The lowest BCUT2D eigenvalue weighted by molar-refractivity contribution is -0.141. The van der Waals surface area contributed by atoms with E-state index < -0.39 is 18.1 Å². The molecule has 1 aromatic carbocycles. The van der Waals surface area contributed by atoms with E-state index in [0.717, 1.165) is 11.1 Å². The van der Waals surface area contributed by atoms with Crippen molar-refractivity contribution in [3.8, 4) is 0 Å². The molecular weight excluding hydrogens is 384 g/mol. The lowest BCUT2D eigenvalue weighted by atomic mass is 10.1. The number of alkyl carbamates (subject to hydrolysis) is 1. The fourth-order valence-electron chi connectivity index (χ4n) is 2.43. The monoisotopic (exact) mass is 412 g/mol. The van der Waals surface area contributed by atoms with E-state index in [-0.39, 0.29) is 25.3 Å². The minimum atomic E-state index is -0.741. The Bertz CT molecular complexity index is 812. The molecule has 0 saturated heterocycles. The van der Waals surface area contributed by atoms with Gasteiger partial charge in [0.05, 0.1) is 19.6 Å². The summed E-state index contributed by atoms with van der Waals surface area (Å²) >= 11 is 0. The van der Waals surface area contributed by atoms with Crippen LogP contribution >= 0.6 is 0 Å². The predicted molar refractivity (Wildman–Crippen MR) is 117 cm³/mol. The van der Waals surface area contributed by atoms with E-state index >= 15 is 0 Å². The quantitative estimate of drug-likeness (QED) is 0.185. The first kappa shape index (κ1) is 24.4. The maximum Gasteiger partial charge on any atom is 0.407 e. The van der Waals surface area contributed by atoms with Crippen LogP contribution in [0.3, 0.4) is 0 Å². The summed E-state index contributed by atoms with van der Waals surface area (Å²) in [7, 11) is 1.25. The number of hydrogen-bond donors (Lipinski definition) is 2. The molecule has 1 unspecified atom stereocenters. The largest absolute Gasteiger partial charge is 0.469 e. The summed E-state index contributed by atoms with van der Waals surface area (Å²) in [5.74, 6) is -0.388. The fourth-order valence-corrected chi connectivity index (χ4v) is 2.43. The van der Waals surface area contributed by atoms with Crippen molar-refractivity contribution in [2.45, 2.75) is 25.8 Å². The van der Waals surface area contributed by atoms with E-state index in [9.17, 15) is 9.59 Å². The highest BCUT2D eigenvalue weighted by Crippen LogP contribution is 2.15. The van der Waals surface area contributed by atoms with Crippen LogP contribution in [0.15, 0.2) is 73.4 Å². The third kappa shape index (κ3) is 9.54. The summed E-state index contributed by atoms with van der Waals surface area (Å²) in [5, 5.41) is 10.6. The number of benzene rings is 1. The number of rotatable bonds is 11. The summed E-state index contributed by atoms with van der Waals surface area (Å²) < 4.78 is 15.3. The number of methoxy groups -OCH3 is 1. The molecule has 0 fully saturated rings. The van der Waals surface area contributed by atoms with Crippen molar-refractivity contribution < 1.29 is 23.8 Å². The predicted octanol–water partition coefficient (Wildman–Crippen LogP) is 4.39. The number of carbonyl (C=O) groups is 2. The molecule has 1 rings (SSSR count). The van der Waals surface area contributed by atoms with Crippen molar-refractivity contribution in [1.29, 1.82) is 5.41 Å². The Kier molecular flexibility index (Phi) is 11.0. The van der Waals surface area contributed by atoms with Gasteiger partial charge in [0.2, 0.25) is 0 Å². The van der Waals surface area contributed by atoms with Gasteiger partial charge in [-0.2, -0.15) is 0 Å². The molecule has 0 saturated carbocycles. The van der Waals surface area contributed by atoms with Crippen LogP contribution in [0.5, 0.6) is 0 Å². The maximum atomic E-state index is 12.2. The molecule has 30 heavy (non-hydrogen) atoms. The molecule has 0 heterocycles. The molecule has 160 valence electrons. The molecule has 0 spiro atoms. The van der Waals surface area contributed by atoms with Gasteiger partial charge in [-0.15, -0.1) is 0 Å². The van der Waals surface area contributed by atoms with E-state index in [2.05, 4.69) is 23.2 Å². The SMILES string of the molecule is C=C/C=C(\C=C/C)COC(=O)NC(CC(=N)OC(=C)c1ccccc1)CC(=O)OC. The van der Waals surface area contributed by atoms with Crippen LogP contribution in [-0.4, -0.2) is 37.7 Å². The third-order valence-corrected chi connectivity index (χ3v) is 3.82. The lowest BCUT2D eigenvalue weighted by Gasteiger charge is -2.19. The number of nitrogens with one attached hydrogen (secondary N) is 2. The first-order valence-electron chi connectivity index (χ1n) is 9.33. The smallest absolute Gasteiger partial charge is 0.407 e. The van der Waals surface area contributed by atoms with Crippen molar-refractivity contribution in [1.82, 2.24) is 5.32 Å². The van der Waals surface area contributed by atoms with Crippen LogP contribution in [0.2, 0.25) is 0 Å². The molecule has 1 atom stereocenters. The van der Waals surface area contributed by atoms with Crippen LogP contribution in [0.1, 0.15) is 25.3 Å². The topological polar surface area (TPSA) is 97.7 Å². The summed E-state index contributed by atoms with van der Waals surface area (Å²) in [6, 6.07) is 8.37. The van der Waals surface area contributed by atoms with E-state index in [0.29, 0.717) is 5.76 Å². The van der Waals surface area contributed by atoms with Crippen LogP contribution in [0, 0.1) is 5.41 Å². The van der Waals surface area contributed by atoms with Crippen LogP contribution in [-0.2, 0) is 19.0 Å². The zero-order chi connectivity index (χ0) is 22.4. The standard InChI is InChI=1S/C23H28N2O5/c1-5-10-18(11-6-2)16-29-23(27)25-20(15-22(26)28-4)14-21(24)30-17(3)19-12-8-7-9-13-19/h5-13,20,24H,1,3,14-16H2,2,4H3,(H,25,27)/b11-6-,18-10+,24-21?. The Morgan fingerprint density at radius 2 is 1.93 bits per heavy atom. The fraction of sp³-hybridized carbons (Fsp3) is 0.261. The van der Waals surface area contributed by atoms with Crippen molar-refractivity contribution in [3.63, 3.8) is 0 Å². The number of ether oxygens (including phenoxy) is 3. The Morgan fingerprint density at radius 3 is 2.53 bits per heavy atom. The molecule has 1 aromatic rings. The van der Waals surface area contributed by atoms with Gasteiger partial charge in [0, 0.05) is 12.0 Å². The average Bonchev–Trinajstić information content (AvgIpc) is 2.72. The summed E-state index contributed by atoms with van der Waals surface area (Å²) in [4.78, 5) is 23.9. The van der Waals surface area contributed by atoms with E-state index in [4.69, 9.17) is 14.9 Å². The molecule has 0 aliphatic heterocycles. The van der Waals surface area contributed by atoms with E-state index in [1.165, 1.54) is 7.11 Å². The Balaban J connectivity index is 2.69. The van der Waals surface area contributed by atoms with Gasteiger partial charge in [-0.1, -0.05) is 67.8 Å². The minimum Gasteiger partial charge on any atom is -0.469 e. The van der Waals surface area contributed by atoms with Gasteiger partial charge in [-0.3, -0.25) is 10.2 Å². The summed E-state index contributed by atoms with van der Waals surface area (Å²) in [6.45, 7) is 9.30. The molecular formula is C23H28N2O5. The van der Waals surface area contributed by atoms with Gasteiger partial charge in [0.1, 0.15) is 12.4 Å². The van der Waals surface area contributed by atoms with Gasteiger partial charge in [0.25, 0.3) is 0 Å². The van der Waals surface area contributed by atoms with E-state index in [1.54, 1.807) is 30.4 Å². The second-order valence-electron chi connectivity index (χ2n) is 6.19. The highest BCUT2D eigenvalue weighted by atomic mass is 16.5. The van der Waals surface area contributed by atoms with Crippen molar-refractivity contribution in [3.05, 3.63) is 78.9 Å². The molecule has 7 nitrogen and oxygen atoms in total. The van der Waals surface area contributed by atoms with Crippen LogP contribution in [0.25, 0.3) is 5.76 Å². The third-order valence-electron chi connectivity index (χ3n) is 3.82. The van der Waals surface area contributed by atoms with Gasteiger partial charge in [-0.05, 0) is 12.5 Å². The second kappa shape index (κ2) is 13.5. The van der Waals surface area contributed by atoms with Gasteiger partial charge >= 0.3 is 12.1 Å². The first-order chi connectivity index (χ1) is 14.4. The van der Waals surface area contributed by atoms with Crippen LogP contribution < -0.4 is 5.32 Å². The molecule has 0 bridgehead atoms. The average molecular weight is 412 g/mol. The molecule has 0 aliphatic rings.